The van der Waals surface area contributed by atoms with Gasteiger partial charge in [0.15, 0.2) is 10.9 Å². The van der Waals surface area contributed by atoms with Gasteiger partial charge in [0, 0.05) is 17.8 Å². The summed E-state index contributed by atoms with van der Waals surface area (Å²) < 4.78 is 14.0. The van der Waals surface area contributed by atoms with Crippen LogP contribution >= 0.6 is 11.8 Å². The summed E-state index contributed by atoms with van der Waals surface area (Å²) >= 11 is 1.45. The number of rotatable bonds is 3. The van der Waals surface area contributed by atoms with Crippen LogP contribution in [0, 0.1) is 12.7 Å². The quantitative estimate of drug-likeness (QED) is 0.927. The van der Waals surface area contributed by atoms with Gasteiger partial charge in [-0.15, -0.1) is 0 Å². The average molecular weight is 330 g/mol. The molecule has 0 aliphatic carbocycles. The van der Waals surface area contributed by atoms with Crippen LogP contribution in [0.4, 0.5) is 10.1 Å². The summed E-state index contributed by atoms with van der Waals surface area (Å²) in [5.74, 6) is -0.120. The summed E-state index contributed by atoms with van der Waals surface area (Å²) in [6.45, 7) is 4.81. The summed E-state index contributed by atoms with van der Waals surface area (Å²) in [5, 5.41) is 11.5. The molecule has 0 bridgehead atoms. The van der Waals surface area contributed by atoms with Gasteiger partial charge in [-0.1, -0.05) is 48.2 Å². The second kappa shape index (κ2) is 6.34. The number of anilines is 1. The molecule has 0 radical (unpaired) electrons. The number of benzene rings is 2. The maximum atomic E-state index is 14.0. The molecule has 1 heterocycles. The lowest BCUT2D eigenvalue weighted by atomic mass is 10.1. The van der Waals surface area contributed by atoms with E-state index in [-0.39, 0.29) is 5.56 Å². The molecule has 0 saturated carbocycles. The van der Waals surface area contributed by atoms with E-state index in [1.54, 1.807) is 18.2 Å². The molecule has 0 fully saturated rings. The van der Waals surface area contributed by atoms with Crippen molar-refractivity contribution in [3.63, 3.8) is 0 Å². The van der Waals surface area contributed by atoms with Crippen molar-refractivity contribution in [1.29, 1.82) is 0 Å². The normalized spacial score (nSPS) is 20.4. The molecule has 0 amide bonds. The fourth-order valence-electron chi connectivity index (χ4n) is 2.73. The second-order valence-electron chi connectivity index (χ2n) is 5.51. The Bertz CT molecular complexity index is 749. The van der Waals surface area contributed by atoms with Crippen LogP contribution in [-0.2, 0) is 5.72 Å². The van der Waals surface area contributed by atoms with Crippen LogP contribution in [0.1, 0.15) is 18.1 Å². The Balaban J connectivity index is 1.98. The van der Waals surface area contributed by atoms with E-state index in [4.69, 9.17) is 0 Å². The first-order chi connectivity index (χ1) is 11.0. The van der Waals surface area contributed by atoms with E-state index in [1.165, 1.54) is 17.8 Å². The number of hydrogen-bond acceptors (Lipinski definition) is 4. The third kappa shape index (κ3) is 2.99. The minimum atomic E-state index is -1.51. The Hall–Kier alpha value is -1.85. The number of para-hydroxylation sites is 1. The summed E-state index contributed by atoms with van der Waals surface area (Å²) in [4.78, 5) is 6.52. The molecule has 23 heavy (non-hydrogen) atoms. The van der Waals surface area contributed by atoms with E-state index >= 15 is 0 Å². The van der Waals surface area contributed by atoms with Gasteiger partial charge in [-0.2, -0.15) is 0 Å². The van der Waals surface area contributed by atoms with Gasteiger partial charge in [0.1, 0.15) is 5.82 Å². The van der Waals surface area contributed by atoms with Crippen LogP contribution in [-0.4, -0.2) is 22.6 Å². The maximum absolute atomic E-state index is 14.0. The minimum Gasteiger partial charge on any atom is -0.365 e. The van der Waals surface area contributed by atoms with Crippen LogP contribution < -0.4 is 4.90 Å². The fraction of sp³-hybridized carbons (Fsp3) is 0.278. The Morgan fingerprint density at radius 1 is 1.22 bits per heavy atom. The van der Waals surface area contributed by atoms with Gasteiger partial charge in [0.25, 0.3) is 0 Å². The number of thioether (sulfide) groups is 1. The van der Waals surface area contributed by atoms with Crippen molar-refractivity contribution in [1.82, 2.24) is 0 Å². The van der Waals surface area contributed by atoms with E-state index in [9.17, 15) is 9.50 Å². The number of nitrogens with zero attached hydrogens (tertiary/aromatic N) is 2. The van der Waals surface area contributed by atoms with Crippen LogP contribution in [0.2, 0.25) is 0 Å². The van der Waals surface area contributed by atoms with E-state index in [0.29, 0.717) is 10.9 Å². The number of halogens is 1. The molecule has 1 N–H and O–H groups in total. The third-order valence-corrected chi connectivity index (χ3v) is 5.06. The largest absolute Gasteiger partial charge is 0.365 e. The highest BCUT2D eigenvalue weighted by Gasteiger charge is 2.38. The predicted molar refractivity (Wildman–Crippen MR) is 94.4 cm³/mol. The Labute approximate surface area is 139 Å². The van der Waals surface area contributed by atoms with Crippen molar-refractivity contribution in [2.75, 3.05) is 17.2 Å². The minimum absolute atomic E-state index is 0.225. The molecule has 3 nitrogen and oxygen atoms in total. The van der Waals surface area contributed by atoms with Gasteiger partial charge < -0.3 is 10.0 Å². The van der Waals surface area contributed by atoms with Crippen LogP contribution in [0.15, 0.2) is 53.5 Å². The summed E-state index contributed by atoms with van der Waals surface area (Å²) in [6, 6.07) is 14.3. The Kier molecular flexibility index (Phi) is 4.41. The van der Waals surface area contributed by atoms with E-state index < -0.39 is 11.5 Å². The third-order valence-electron chi connectivity index (χ3n) is 3.94. The zero-order valence-corrected chi connectivity index (χ0v) is 14.0. The Morgan fingerprint density at radius 2 is 1.91 bits per heavy atom. The summed E-state index contributed by atoms with van der Waals surface area (Å²) in [7, 11) is 0. The lowest BCUT2D eigenvalue weighted by molar-refractivity contribution is 0.0717. The zero-order chi connectivity index (χ0) is 16.4. The highest BCUT2D eigenvalue weighted by molar-refractivity contribution is 8.14. The van der Waals surface area contributed by atoms with E-state index in [2.05, 4.69) is 9.89 Å². The van der Waals surface area contributed by atoms with Crippen molar-refractivity contribution >= 4 is 22.6 Å². The topological polar surface area (TPSA) is 35.8 Å². The lowest BCUT2D eigenvalue weighted by Gasteiger charge is -2.24. The van der Waals surface area contributed by atoms with Gasteiger partial charge in [-0.05, 0) is 31.5 Å². The van der Waals surface area contributed by atoms with Crippen molar-refractivity contribution < 1.29 is 9.50 Å². The highest BCUT2D eigenvalue weighted by atomic mass is 32.2. The number of hydrogen-bond donors (Lipinski definition) is 1. The molecule has 0 saturated heterocycles. The molecule has 120 valence electrons. The van der Waals surface area contributed by atoms with Crippen molar-refractivity contribution in [3.8, 4) is 0 Å². The second-order valence-corrected chi connectivity index (χ2v) is 6.45. The van der Waals surface area contributed by atoms with Crippen LogP contribution in [0.3, 0.4) is 0 Å². The lowest BCUT2D eigenvalue weighted by Crippen LogP contribution is -2.29. The number of aryl methyl sites for hydroxylation is 1. The fourth-order valence-corrected chi connectivity index (χ4v) is 3.87. The predicted octanol–water partition coefficient (Wildman–Crippen LogP) is 3.91. The standard InChI is InChI=1S/C18H19FN2OS/c1-3-21(16-11-7-4-8-13(16)2)17-20-18(22,12-23-17)14-9-5-6-10-15(14)19/h4-11,22H,3,12H2,1-2H3. The van der Waals surface area contributed by atoms with Gasteiger partial charge in [0.2, 0.25) is 0 Å². The molecular formula is C18H19FN2OS. The van der Waals surface area contributed by atoms with Crippen molar-refractivity contribution in [2.24, 2.45) is 4.99 Å². The number of aliphatic imine (C=N–C) groups is 1. The van der Waals surface area contributed by atoms with Crippen LogP contribution in [0.5, 0.6) is 0 Å². The molecule has 5 heteroatoms. The SMILES string of the molecule is CCN(C1=NC(O)(c2ccccc2F)CS1)c1ccccc1C. The maximum Gasteiger partial charge on any atom is 0.197 e. The van der Waals surface area contributed by atoms with Crippen molar-refractivity contribution in [3.05, 3.63) is 65.5 Å². The van der Waals surface area contributed by atoms with Gasteiger partial charge in [0.05, 0.1) is 5.75 Å². The number of aliphatic hydroxyl groups is 1. The van der Waals surface area contributed by atoms with E-state index in [1.807, 2.05) is 38.1 Å². The molecule has 1 unspecified atom stereocenters. The molecule has 2 aromatic carbocycles. The molecule has 2 aromatic rings. The average Bonchev–Trinajstić information content (AvgIpc) is 2.93. The molecule has 0 aromatic heterocycles. The van der Waals surface area contributed by atoms with Gasteiger partial charge in [-0.25, -0.2) is 9.38 Å². The first-order valence-corrected chi connectivity index (χ1v) is 8.57. The monoisotopic (exact) mass is 330 g/mol. The molecule has 1 aliphatic heterocycles. The van der Waals surface area contributed by atoms with Crippen molar-refractivity contribution in [2.45, 2.75) is 19.6 Å². The van der Waals surface area contributed by atoms with E-state index in [0.717, 1.165) is 17.8 Å². The Morgan fingerprint density at radius 3 is 2.61 bits per heavy atom. The number of amidine groups is 1. The molecule has 0 spiro atoms. The first kappa shape index (κ1) is 16.0. The van der Waals surface area contributed by atoms with Gasteiger partial charge in [-0.3, -0.25) is 0 Å². The molecule has 3 rings (SSSR count). The molecule has 1 atom stereocenters. The molecule has 1 aliphatic rings. The zero-order valence-electron chi connectivity index (χ0n) is 13.2. The summed E-state index contributed by atoms with van der Waals surface area (Å²) in [6.07, 6.45) is 0. The van der Waals surface area contributed by atoms with Gasteiger partial charge >= 0.3 is 0 Å². The first-order valence-electron chi connectivity index (χ1n) is 7.58. The summed E-state index contributed by atoms with van der Waals surface area (Å²) in [5.41, 5.74) is 0.905. The highest BCUT2D eigenvalue weighted by Crippen LogP contribution is 2.38. The smallest absolute Gasteiger partial charge is 0.197 e. The van der Waals surface area contributed by atoms with Crippen LogP contribution in [0.25, 0.3) is 0 Å². The molecular weight excluding hydrogens is 311 g/mol.